The van der Waals surface area contributed by atoms with E-state index in [1.807, 2.05) is 0 Å². The summed E-state index contributed by atoms with van der Waals surface area (Å²) in [6.45, 7) is 0.212. The first-order chi connectivity index (χ1) is 11.9. The van der Waals surface area contributed by atoms with Gasteiger partial charge in [0.15, 0.2) is 0 Å². The number of primary amides is 2. The smallest absolute Gasteiger partial charge is 0.339 e. The molecule has 0 aliphatic heterocycles. The number of rotatable bonds is 6. The van der Waals surface area contributed by atoms with Gasteiger partial charge in [-0.3, -0.25) is 4.79 Å². The number of nitrogens with one attached hydrogen (secondary N) is 1. The monoisotopic (exact) mass is 345 g/mol. The average molecular weight is 345 g/mol. The number of amides is 3. The average Bonchev–Trinajstić information content (AvgIpc) is 2.59. The molecule has 8 heteroatoms. The molecule has 0 saturated carbocycles. The van der Waals surface area contributed by atoms with Crippen LogP contribution in [0.2, 0.25) is 0 Å². The maximum atomic E-state index is 13.0. The third-order valence-electron chi connectivity index (χ3n) is 3.31. The summed E-state index contributed by atoms with van der Waals surface area (Å²) < 4.78 is 18.1. The summed E-state index contributed by atoms with van der Waals surface area (Å²) in [4.78, 5) is 34.4. The van der Waals surface area contributed by atoms with Crippen LogP contribution in [0.25, 0.3) is 0 Å². The highest BCUT2D eigenvalue weighted by molar-refractivity contribution is 5.92. The summed E-state index contributed by atoms with van der Waals surface area (Å²) in [5.74, 6) is -2.12. The van der Waals surface area contributed by atoms with Gasteiger partial charge in [-0.2, -0.15) is 0 Å². The van der Waals surface area contributed by atoms with Crippen molar-refractivity contribution >= 4 is 17.9 Å². The van der Waals surface area contributed by atoms with Crippen molar-refractivity contribution in [2.45, 2.75) is 12.6 Å². The predicted octanol–water partition coefficient (Wildman–Crippen LogP) is 1.38. The van der Waals surface area contributed by atoms with Crippen LogP contribution in [-0.4, -0.2) is 17.9 Å². The quantitative estimate of drug-likeness (QED) is 0.684. The molecule has 0 bridgehead atoms. The highest BCUT2D eigenvalue weighted by Crippen LogP contribution is 2.20. The molecular formula is C17H16FN3O4. The summed E-state index contributed by atoms with van der Waals surface area (Å²) >= 11 is 0. The van der Waals surface area contributed by atoms with Crippen LogP contribution in [0, 0.1) is 5.82 Å². The zero-order chi connectivity index (χ0) is 18.4. The highest BCUT2D eigenvalue weighted by atomic mass is 19.1. The number of ether oxygens (including phenoxy) is 1. The molecule has 0 aliphatic carbocycles. The molecule has 2 aromatic rings. The number of carbonyl (C=O) groups is 3. The van der Waals surface area contributed by atoms with E-state index >= 15 is 0 Å². The van der Waals surface area contributed by atoms with Crippen LogP contribution in [-0.2, 0) is 16.1 Å². The zero-order valence-electron chi connectivity index (χ0n) is 13.1. The van der Waals surface area contributed by atoms with Gasteiger partial charge in [0.25, 0.3) is 5.91 Å². The molecule has 1 atom stereocenters. The van der Waals surface area contributed by atoms with Crippen LogP contribution < -0.4 is 16.8 Å². The Bertz CT molecular complexity index is 775. The molecule has 0 aliphatic rings. The lowest BCUT2D eigenvalue weighted by Gasteiger charge is -2.15. The van der Waals surface area contributed by atoms with Crippen LogP contribution in [0.4, 0.5) is 9.18 Å². The summed E-state index contributed by atoms with van der Waals surface area (Å²) in [6.07, 6.45) is -1.33. The number of hydrogen-bond donors (Lipinski definition) is 3. The fraction of sp³-hybridized carbons (Fsp3) is 0.118. The SMILES string of the molecule is NC(=O)NCc1ccc(C(=O)O[C@H](C(N)=O)c2ccc(F)cc2)cc1. The highest BCUT2D eigenvalue weighted by Gasteiger charge is 2.23. The molecule has 0 saturated heterocycles. The van der Waals surface area contributed by atoms with Crippen molar-refractivity contribution in [1.82, 2.24) is 5.32 Å². The number of esters is 1. The topological polar surface area (TPSA) is 125 Å². The fourth-order valence-electron chi connectivity index (χ4n) is 2.05. The predicted molar refractivity (Wildman–Crippen MR) is 86.6 cm³/mol. The van der Waals surface area contributed by atoms with Crippen molar-refractivity contribution < 1.29 is 23.5 Å². The van der Waals surface area contributed by atoms with E-state index in [1.165, 1.54) is 24.3 Å². The van der Waals surface area contributed by atoms with Gasteiger partial charge in [-0.15, -0.1) is 0 Å². The number of nitrogens with two attached hydrogens (primary N) is 2. The Kier molecular flexibility index (Phi) is 5.67. The van der Waals surface area contributed by atoms with E-state index in [2.05, 4.69) is 5.32 Å². The third-order valence-corrected chi connectivity index (χ3v) is 3.31. The minimum Gasteiger partial charge on any atom is -0.444 e. The third kappa shape index (κ3) is 5.03. The second-order valence-electron chi connectivity index (χ2n) is 5.15. The van der Waals surface area contributed by atoms with Crippen molar-refractivity contribution in [3.8, 4) is 0 Å². The van der Waals surface area contributed by atoms with Gasteiger partial charge in [-0.05, 0) is 29.8 Å². The summed E-state index contributed by atoms with van der Waals surface area (Å²) in [6, 6.07) is 10.4. The Morgan fingerprint density at radius 3 is 2.12 bits per heavy atom. The van der Waals surface area contributed by atoms with Crippen LogP contribution in [0.15, 0.2) is 48.5 Å². The van der Waals surface area contributed by atoms with Crippen LogP contribution in [0.1, 0.15) is 27.6 Å². The van der Waals surface area contributed by atoms with Crippen molar-refractivity contribution in [3.05, 3.63) is 71.0 Å². The van der Waals surface area contributed by atoms with Gasteiger partial charge < -0.3 is 21.5 Å². The molecule has 25 heavy (non-hydrogen) atoms. The molecular weight excluding hydrogens is 329 g/mol. The van der Waals surface area contributed by atoms with E-state index in [0.717, 1.165) is 17.7 Å². The minimum absolute atomic E-state index is 0.191. The van der Waals surface area contributed by atoms with E-state index in [9.17, 15) is 18.8 Å². The fourth-order valence-corrected chi connectivity index (χ4v) is 2.05. The van der Waals surface area contributed by atoms with E-state index in [4.69, 9.17) is 16.2 Å². The number of halogens is 1. The number of carbonyl (C=O) groups excluding carboxylic acids is 3. The Morgan fingerprint density at radius 2 is 1.60 bits per heavy atom. The maximum Gasteiger partial charge on any atom is 0.339 e. The van der Waals surface area contributed by atoms with Gasteiger partial charge in [0.1, 0.15) is 5.82 Å². The summed E-state index contributed by atoms with van der Waals surface area (Å²) in [5.41, 5.74) is 11.4. The summed E-state index contributed by atoms with van der Waals surface area (Å²) in [5, 5.41) is 2.41. The second-order valence-corrected chi connectivity index (χ2v) is 5.15. The van der Waals surface area contributed by atoms with E-state index in [1.54, 1.807) is 12.1 Å². The molecule has 0 heterocycles. The molecule has 0 fully saturated rings. The lowest BCUT2D eigenvalue weighted by Crippen LogP contribution is -2.28. The Balaban J connectivity index is 2.09. The lowest BCUT2D eigenvalue weighted by atomic mass is 10.1. The van der Waals surface area contributed by atoms with E-state index in [-0.39, 0.29) is 17.7 Å². The van der Waals surface area contributed by atoms with Gasteiger partial charge in [0, 0.05) is 12.1 Å². The Morgan fingerprint density at radius 1 is 1.00 bits per heavy atom. The number of hydrogen-bond acceptors (Lipinski definition) is 4. The minimum atomic E-state index is -1.33. The van der Waals surface area contributed by atoms with Gasteiger partial charge in [-0.1, -0.05) is 24.3 Å². The molecule has 0 aromatic heterocycles. The van der Waals surface area contributed by atoms with Crippen molar-refractivity contribution in [1.29, 1.82) is 0 Å². The van der Waals surface area contributed by atoms with Crippen molar-refractivity contribution in [2.24, 2.45) is 11.5 Å². The second kappa shape index (κ2) is 7.91. The van der Waals surface area contributed by atoms with Gasteiger partial charge >= 0.3 is 12.0 Å². The number of benzene rings is 2. The largest absolute Gasteiger partial charge is 0.444 e. The molecule has 0 spiro atoms. The molecule has 130 valence electrons. The van der Waals surface area contributed by atoms with E-state index in [0.29, 0.717) is 0 Å². The van der Waals surface area contributed by atoms with Gasteiger partial charge in [-0.25, -0.2) is 14.0 Å². The maximum absolute atomic E-state index is 13.0. The van der Waals surface area contributed by atoms with Crippen LogP contribution >= 0.6 is 0 Å². The normalized spacial score (nSPS) is 11.4. The molecule has 2 aromatic carbocycles. The number of urea groups is 1. The van der Waals surface area contributed by atoms with Gasteiger partial charge in [0.2, 0.25) is 6.10 Å². The molecule has 5 N–H and O–H groups in total. The Labute approximate surface area is 142 Å². The first-order valence-corrected chi connectivity index (χ1v) is 7.25. The van der Waals surface area contributed by atoms with Crippen molar-refractivity contribution in [2.75, 3.05) is 0 Å². The molecule has 0 unspecified atom stereocenters. The molecule has 0 radical (unpaired) electrons. The zero-order valence-corrected chi connectivity index (χ0v) is 13.1. The standard InChI is InChI=1S/C17H16FN3O4/c18-13-7-5-11(6-8-13)14(15(19)22)25-16(23)12-3-1-10(2-4-12)9-21-17(20)24/h1-8,14H,9H2,(H2,19,22)(H3,20,21,24)/t14-/m0/s1. The first kappa shape index (κ1) is 17.9. The molecule has 2 rings (SSSR count). The van der Waals surface area contributed by atoms with Crippen LogP contribution in [0.3, 0.4) is 0 Å². The lowest BCUT2D eigenvalue weighted by molar-refractivity contribution is -0.127. The molecule has 7 nitrogen and oxygen atoms in total. The first-order valence-electron chi connectivity index (χ1n) is 7.25. The molecule has 3 amide bonds. The van der Waals surface area contributed by atoms with E-state index < -0.39 is 29.8 Å². The van der Waals surface area contributed by atoms with Gasteiger partial charge in [0.05, 0.1) is 5.56 Å². The van der Waals surface area contributed by atoms with Crippen molar-refractivity contribution in [3.63, 3.8) is 0 Å². The Hall–Kier alpha value is -3.42. The van der Waals surface area contributed by atoms with Crippen LogP contribution in [0.5, 0.6) is 0 Å². The summed E-state index contributed by atoms with van der Waals surface area (Å²) in [7, 11) is 0.